The summed E-state index contributed by atoms with van der Waals surface area (Å²) in [6.45, 7) is 3.04. The van der Waals surface area contributed by atoms with E-state index < -0.39 is 24.0 Å². The van der Waals surface area contributed by atoms with E-state index in [1.807, 2.05) is 13.0 Å². The molecule has 7 heteroatoms. The first kappa shape index (κ1) is 21.1. The molecule has 0 radical (unpaired) electrons. The van der Waals surface area contributed by atoms with Gasteiger partial charge in [0, 0.05) is 5.56 Å². The number of anilines is 1. The van der Waals surface area contributed by atoms with Gasteiger partial charge in [0.2, 0.25) is 0 Å². The first-order valence-electron chi connectivity index (χ1n) is 9.69. The van der Waals surface area contributed by atoms with E-state index >= 15 is 0 Å². The number of aryl methyl sites for hydroxylation is 1. The first-order valence-corrected chi connectivity index (χ1v) is 9.69. The standard InChI is InChI=1S/C23H23N3O4/c1-15-6-5-7-16(12-15)21(28)25-19-9-4-3-8-18(19)22(29)30-13-20(27)26-23(2,14-24)17-10-11-17/h3-9,12,17H,10-11,13H2,1-2H3,(H,25,28)(H,26,27)/t23-/m0/s1. The fourth-order valence-corrected chi connectivity index (χ4v) is 3.17. The number of amides is 2. The molecule has 3 rings (SSSR count). The highest BCUT2D eigenvalue weighted by Crippen LogP contribution is 2.39. The summed E-state index contributed by atoms with van der Waals surface area (Å²) in [4.78, 5) is 37.2. The highest BCUT2D eigenvalue weighted by molar-refractivity contribution is 6.08. The quantitative estimate of drug-likeness (QED) is 0.688. The molecule has 1 aliphatic rings. The molecule has 0 aliphatic heterocycles. The SMILES string of the molecule is Cc1cccc(C(=O)Nc2ccccc2C(=O)OCC(=O)N[C@@](C)(C#N)C2CC2)c1. The van der Waals surface area contributed by atoms with Gasteiger partial charge in [-0.05, 0) is 56.9 Å². The summed E-state index contributed by atoms with van der Waals surface area (Å²) in [5.74, 6) is -1.51. The third-order valence-electron chi connectivity index (χ3n) is 5.03. The maximum atomic E-state index is 12.5. The molecule has 30 heavy (non-hydrogen) atoms. The second-order valence-corrected chi connectivity index (χ2v) is 7.58. The molecule has 0 bridgehead atoms. The summed E-state index contributed by atoms with van der Waals surface area (Å²) in [6, 6.07) is 15.6. The maximum absolute atomic E-state index is 12.5. The molecule has 0 spiro atoms. The van der Waals surface area contributed by atoms with Crippen LogP contribution in [0.25, 0.3) is 0 Å². The van der Waals surface area contributed by atoms with Crippen LogP contribution in [0.15, 0.2) is 48.5 Å². The molecule has 2 aromatic rings. The Morgan fingerprint density at radius 1 is 1.17 bits per heavy atom. The van der Waals surface area contributed by atoms with Gasteiger partial charge in [0.15, 0.2) is 6.61 Å². The molecular weight excluding hydrogens is 382 g/mol. The zero-order chi connectivity index (χ0) is 21.7. The van der Waals surface area contributed by atoms with Crippen LogP contribution in [0.5, 0.6) is 0 Å². The number of ether oxygens (including phenoxy) is 1. The fraction of sp³-hybridized carbons (Fsp3) is 0.304. The molecule has 2 N–H and O–H groups in total. The number of hydrogen-bond donors (Lipinski definition) is 2. The number of nitriles is 1. The van der Waals surface area contributed by atoms with Gasteiger partial charge < -0.3 is 15.4 Å². The molecule has 1 aliphatic carbocycles. The van der Waals surface area contributed by atoms with Gasteiger partial charge in [-0.2, -0.15) is 5.26 Å². The van der Waals surface area contributed by atoms with Gasteiger partial charge in [0.25, 0.3) is 11.8 Å². The Bertz CT molecular complexity index is 1020. The summed E-state index contributed by atoms with van der Waals surface area (Å²) < 4.78 is 5.12. The van der Waals surface area contributed by atoms with Gasteiger partial charge in [0.05, 0.1) is 17.3 Å². The van der Waals surface area contributed by atoms with E-state index in [0.717, 1.165) is 18.4 Å². The second-order valence-electron chi connectivity index (χ2n) is 7.58. The first-order chi connectivity index (χ1) is 14.3. The van der Waals surface area contributed by atoms with Gasteiger partial charge in [-0.3, -0.25) is 9.59 Å². The lowest BCUT2D eigenvalue weighted by Crippen LogP contribution is -2.48. The minimum atomic E-state index is -0.955. The van der Waals surface area contributed by atoms with Crippen molar-refractivity contribution in [2.45, 2.75) is 32.2 Å². The van der Waals surface area contributed by atoms with Crippen LogP contribution >= 0.6 is 0 Å². The molecule has 1 saturated carbocycles. The number of benzene rings is 2. The van der Waals surface area contributed by atoms with E-state index in [1.54, 1.807) is 43.3 Å². The van der Waals surface area contributed by atoms with E-state index in [0.29, 0.717) is 5.56 Å². The van der Waals surface area contributed by atoms with Crippen molar-refractivity contribution in [2.75, 3.05) is 11.9 Å². The number of esters is 1. The summed E-state index contributed by atoms with van der Waals surface area (Å²) in [5, 5.41) is 14.7. The molecule has 2 amide bonds. The Morgan fingerprint density at radius 3 is 2.57 bits per heavy atom. The largest absolute Gasteiger partial charge is 0.452 e. The van der Waals surface area contributed by atoms with Gasteiger partial charge in [-0.1, -0.05) is 29.8 Å². The minimum absolute atomic E-state index is 0.125. The summed E-state index contributed by atoms with van der Waals surface area (Å²) in [7, 11) is 0. The van der Waals surface area contributed by atoms with E-state index in [2.05, 4.69) is 16.7 Å². The number of hydrogen-bond acceptors (Lipinski definition) is 5. The molecule has 7 nitrogen and oxygen atoms in total. The average molecular weight is 405 g/mol. The Kier molecular flexibility index (Phi) is 6.17. The van der Waals surface area contributed by atoms with Crippen LogP contribution in [0.3, 0.4) is 0 Å². The topological polar surface area (TPSA) is 108 Å². The van der Waals surface area contributed by atoms with Crippen molar-refractivity contribution < 1.29 is 19.1 Å². The number of nitrogens with zero attached hydrogens (tertiary/aromatic N) is 1. The summed E-state index contributed by atoms with van der Waals surface area (Å²) >= 11 is 0. The monoisotopic (exact) mass is 405 g/mol. The lowest BCUT2D eigenvalue weighted by atomic mass is 9.98. The fourth-order valence-electron chi connectivity index (χ4n) is 3.17. The third kappa shape index (κ3) is 5.03. The Hall–Kier alpha value is -3.66. The van der Waals surface area contributed by atoms with Crippen LogP contribution in [0.2, 0.25) is 0 Å². The van der Waals surface area contributed by atoms with Crippen LogP contribution in [-0.4, -0.2) is 29.9 Å². The van der Waals surface area contributed by atoms with E-state index in [1.165, 1.54) is 6.07 Å². The van der Waals surface area contributed by atoms with Crippen molar-refractivity contribution in [3.63, 3.8) is 0 Å². The normalized spacial score (nSPS) is 14.7. The van der Waals surface area contributed by atoms with Crippen LogP contribution < -0.4 is 10.6 Å². The molecular formula is C23H23N3O4. The molecule has 1 atom stereocenters. The van der Waals surface area contributed by atoms with Gasteiger partial charge >= 0.3 is 5.97 Å². The predicted octanol–water partition coefficient (Wildman–Crippen LogP) is 3.21. The van der Waals surface area contributed by atoms with Crippen molar-refractivity contribution in [3.05, 3.63) is 65.2 Å². The molecule has 0 heterocycles. The second kappa shape index (κ2) is 8.78. The molecule has 0 aromatic heterocycles. The minimum Gasteiger partial charge on any atom is -0.452 e. The van der Waals surface area contributed by atoms with Crippen molar-refractivity contribution in [2.24, 2.45) is 5.92 Å². The van der Waals surface area contributed by atoms with E-state index in [-0.39, 0.29) is 23.1 Å². The summed E-state index contributed by atoms with van der Waals surface area (Å²) in [6.07, 6.45) is 1.77. The zero-order valence-electron chi connectivity index (χ0n) is 16.9. The Labute approximate surface area is 175 Å². The lowest BCUT2D eigenvalue weighted by molar-refractivity contribution is -0.125. The number of para-hydroxylation sites is 1. The number of rotatable bonds is 7. The van der Waals surface area contributed by atoms with Gasteiger partial charge in [0.1, 0.15) is 5.54 Å². The third-order valence-corrected chi connectivity index (χ3v) is 5.03. The Morgan fingerprint density at radius 2 is 1.90 bits per heavy atom. The highest BCUT2D eigenvalue weighted by atomic mass is 16.5. The number of carbonyl (C=O) groups is 3. The van der Waals surface area contributed by atoms with Crippen LogP contribution in [0.1, 0.15) is 46.0 Å². The van der Waals surface area contributed by atoms with E-state index in [4.69, 9.17) is 4.74 Å². The van der Waals surface area contributed by atoms with Crippen molar-refractivity contribution >= 4 is 23.5 Å². The Balaban J connectivity index is 1.63. The molecule has 0 unspecified atom stereocenters. The van der Waals surface area contributed by atoms with E-state index in [9.17, 15) is 19.6 Å². The maximum Gasteiger partial charge on any atom is 0.340 e. The van der Waals surface area contributed by atoms with Crippen molar-refractivity contribution in [1.29, 1.82) is 5.26 Å². The molecule has 2 aromatic carbocycles. The van der Waals surface area contributed by atoms with Gasteiger partial charge in [-0.15, -0.1) is 0 Å². The smallest absolute Gasteiger partial charge is 0.340 e. The molecule has 0 saturated heterocycles. The molecule has 154 valence electrons. The summed E-state index contributed by atoms with van der Waals surface area (Å²) in [5.41, 5.74) is 0.875. The van der Waals surface area contributed by atoms with Crippen LogP contribution in [0, 0.1) is 24.2 Å². The van der Waals surface area contributed by atoms with Crippen molar-refractivity contribution in [3.8, 4) is 6.07 Å². The number of carbonyl (C=O) groups excluding carboxylic acids is 3. The van der Waals surface area contributed by atoms with Crippen LogP contribution in [0.4, 0.5) is 5.69 Å². The van der Waals surface area contributed by atoms with Gasteiger partial charge in [-0.25, -0.2) is 4.79 Å². The molecule has 1 fully saturated rings. The zero-order valence-corrected chi connectivity index (χ0v) is 16.9. The predicted molar refractivity (Wildman–Crippen MR) is 111 cm³/mol. The lowest BCUT2D eigenvalue weighted by Gasteiger charge is -2.22. The van der Waals surface area contributed by atoms with Crippen molar-refractivity contribution in [1.82, 2.24) is 5.32 Å². The highest BCUT2D eigenvalue weighted by Gasteiger charge is 2.43. The number of nitrogens with one attached hydrogen (secondary N) is 2. The van der Waals surface area contributed by atoms with Crippen LogP contribution in [-0.2, 0) is 9.53 Å². The average Bonchev–Trinajstić information content (AvgIpc) is 3.58.